The van der Waals surface area contributed by atoms with Crippen LogP contribution < -0.4 is 5.32 Å². The predicted molar refractivity (Wildman–Crippen MR) is 126 cm³/mol. The molecule has 3 aliphatic carbocycles. The summed E-state index contributed by atoms with van der Waals surface area (Å²) in [6, 6.07) is 2.47. The van der Waals surface area contributed by atoms with Crippen molar-refractivity contribution in [1.82, 2.24) is 10.2 Å². The van der Waals surface area contributed by atoms with Gasteiger partial charge in [-0.3, -0.25) is 0 Å². The Bertz CT molecular complexity index is 647. The molecule has 4 aliphatic rings. The van der Waals surface area contributed by atoms with Crippen LogP contribution in [-0.4, -0.2) is 40.3 Å². The van der Waals surface area contributed by atoms with E-state index < -0.39 is 0 Å². The third kappa shape index (κ3) is 4.30. The summed E-state index contributed by atoms with van der Waals surface area (Å²) in [6.07, 6.45) is 19.6. The zero-order valence-corrected chi connectivity index (χ0v) is 19.4. The van der Waals surface area contributed by atoms with Crippen molar-refractivity contribution in [3.05, 3.63) is 37.1 Å². The Labute approximate surface area is 184 Å². The van der Waals surface area contributed by atoms with Crippen molar-refractivity contribution in [2.24, 2.45) is 17.3 Å². The van der Waals surface area contributed by atoms with Crippen molar-refractivity contribution in [2.45, 2.75) is 115 Å². The highest BCUT2D eigenvalue weighted by molar-refractivity contribution is 5.20. The quantitative estimate of drug-likeness (QED) is 0.579. The molecule has 168 valence electrons. The Balaban J connectivity index is 1.55. The topological polar surface area (TPSA) is 35.5 Å². The molecule has 1 heterocycles. The van der Waals surface area contributed by atoms with Crippen LogP contribution in [0.4, 0.5) is 0 Å². The van der Waals surface area contributed by atoms with Gasteiger partial charge < -0.3 is 15.3 Å². The molecular weight excluding hydrogens is 368 g/mol. The number of nitrogens with zero attached hydrogens (tertiary/aromatic N) is 1. The third-order valence-corrected chi connectivity index (χ3v) is 9.10. The molecule has 1 saturated heterocycles. The number of fused-ring (bicyclic) bond motifs is 2. The zero-order chi connectivity index (χ0) is 21.3. The van der Waals surface area contributed by atoms with Gasteiger partial charge in [-0.05, 0) is 74.7 Å². The smallest absolute Gasteiger partial charge is 0.0544 e. The standard InChI is InChI=1S/C27H44N2O/c1-5-6-10-19(2)29(20-11-8-7-9-12-20)21-13-15-25-23(17-21)27(3,4)24-18-22(30)14-16-26(24)28-25/h5-6,10,20-26,28,30H,1-2,7-9,11-18H2,3-4H3/b10-6-. The number of aliphatic hydroxyl groups is 1. The van der Waals surface area contributed by atoms with Crippen molar-refractivity contribution >= 4 is 0 Å². The van der Waals surface area contributed by atoms with Crippen LogP contribution in [0.5, 0.6) is 0 Å². The van der Waals surface area contributed by atoms with Gasteiger partial charge in [0.05, 0.1) is 6.10 Å². The van der Waals surface area contributed by atoms with Crippen molar-refractivity contribution in [2.75, 3.05) is 0 Å². The molecule has 4 fully saturated rings. The van der Waals surface area contributed by atoms with Crippen molar-refractivity contribution in [1.29, 1.82) is 0 Å². The van der Waals surface area contributed by atoms with Gasteiger partial charge in [0.1, 0.15) is 0 Å². The van der Waals surface area contributed by atoms with Gasteiger partial charge in [-0.15, -0.1) is 0 Å². The maximum absolute atomic E-state index is 10.4. The first-order valence-electron chi connectivity index (χ1n) is 12.6. The average molecular weight is 413 g/mol. The summed E-state index contributed by atoms with van der Waals surface area (Å²) in [6.45, 7) is 13.4. The maximum Gasteiger partial charge on any atom is 0.0544 e. The monoisotopic (exact) mass is 412 g/mol. The van der Waals surface area contributed by atoms with E-state index >= 15 is 0 Å². The van der Waals surface area contributed by atoms with E-state index in [1.165, 1.54) is 57.1 Å². The molecule has 0 aromatic carbocycles. The van der Waals surface area contributed by atoms with Crippen LogP contribution in [0.2, 0.25) is 0 Å². The number of piperidine rings is 1. The molecule has 2 N–H and O–H groups in total. The second kappa shape index (κ2) is 9.20. The molecule has 1 aliphatic heterocycles. The van der Waals surface area contributed by atoms with Gasteiger partial charge in [-0.25, -0.2) is 0 Å². The molecule has 3 nitrogen and oxygen atoms in total. The van der Waals surface area contributed by atoms with Crippen LogP contribution in [0.3, 0.4) is 0 Å². The molecule has 6 atom stereocenters. The summed E-state index contributed by atoms with van der Waals surface area (Å²) >= 11 is 0. The fraction of sp³-hybridized carbons (Fsp3) is 0.778. The van der Waals surface area contributed by atoms with Crippen LogP contribution in [0, 0.1) is 17.3 Å². The Kier molecular flexibility index (Phi) is 6.79. The van der Waals surface area contributed by atoms with Gasteiger partial charge in [0.25, 0.3) is 0 Å². The second-order valence-electron chi connectivity index (χ2n) is 11.1. The summed E-state index contributed by atoms with van der Waals surface area (Å²) in [7, 11) is 0. The highest BCUT2D eigenvalue weighted by atomic mass is 16.3. The molecule has 3 heteroatoms. The van der Waals surface area contributed by atoms with E-state index in [1.807, 2.05) is 12.2 Å². The summed E-state index contributed by atoms with van der Waals surface area (Å²) in [5, 5.41) is 14.4. The minimum Gasteiger partial charge on any atom is -0.393 e. The van der Waals surface area contributed by atoms with Crippen LogP contribution >= 0.6 is 0 Å². The number of allylic oxidation sites excluding steroid dienone is 3. The Morgan fingerprint density at radius 2 is 1.60 bits per heavy atom. The molecule has 30 heavy (non-hydrogen) atoms. The normalized spacial score (nSPS) is 39.2. The lowest BCUT2D eigenvalue weighted by Gasteiger charge is -2.59. The molecule has 3 saturated carbocycles. The van der Waals surface area contributed by atoms with E-state index in [0.717, 1.165) is 19.3 Å². The van der Waals surface area contributed by atoms with Crippen LogP contribution in [0.25, 0.3) is 0 Å². The first-order valence-corrected chi connectivity index (χ1v) is 12.6. The summed E-state index contributed by atoms with van der Waals surface area (Å²) in [4.78, 5) is 2.72. The highest BCUT2D eigenvalue weighted by Gasteiger charge is 2.53. The average Bonchev–Trinajstić information content (AvgIpc) is 2.74. The van der Waals surface area contributed by atoms with E-state index in [2.05, 4.69) is 43.3 Å². The molecule has 0 aromatic rings. The van der Waals surface area contributed by atoms with E-state index in [9.17, 15) is 5.11 Å². The third-order valence-electron chi connectivity index (χ3n) is 9.10. The molecule has 0 aromatic heterocycles. The van der Waals surface area contributed by atoms with E-state index in [-0.39, 0.29) is 11.5 Å². The summed E-state index contributed by atoms with van der Waals surface area (Å²) < 4.78 is 0. The first-order chi connectivity index (χ1) is 14.4. The summed E-state index contributed by atoms with van der Waals surface area (Å²) in [5.74, 6) is 1.26. The number of aliphatic hydroxyl groups excluding tert-OH is 1. The minimum atomic E-state index is -0.106. The van der Waals surface area contributed by atoms with Gasteiger partial charge >= 0.3 is 0 Å². The predicted octanol–water partition coefficient (Wildman–Crippen LogP) is 5.57. The SMILES string of the molecule is C=C/C=C\C(=C)N(C1CCCCC1)C1CCC2NC3CCC(O)CC3C(C)(C)C2C1. The Hall–Kier alpha value is -1.06. The minimum absolute atomic E-state index is 0.106. The molecular formula is C27H44N2O. The number of hydrogen-bond acceptors (Lipinski definition) is 3. The van der Waals surface area contributed by atoms with Gasteiger partial charge in [0.2, 0.25) is 0 Å². The molecule has 0 radical (unpaired) electrons. The Morgan fingerprint density at radius 1 is 0.933 bits per heavy atom. The number of nitrogens with one attached hydrogen (secondary N) is 1. The second-order valence-corrected chi connectivity index (χ2v) is 11.1. The zero-order valence-electron chi connectivity index (χ0n) is 19.4. The van der Waals surface area contributed by atoms with Gasteiger partial charge in [0.15, 0.2) is 0 Å². The van der Waals surface area contributed by atoms with Crippen molar-refractivity contribution in [3.63, 3.8) is 0 Å². The molecule has 0 bridgehead atoms. The largest absolute Gasteiger partial charge is 0.393 e. The van der Waals surface area contributed by atoms with Crippen molar-refractivity contribution < 1.29 is 5.11 Å². The highest BCUT2D eigenvalue weighted by Crippen LogP contribution is 2.53. The van der Waals surface area contributed by atoms with Crippen LogP contribution in [0.1, 0.15) is 84.5 Å². The first kappa shape index (κ1) is 22.1. The number of hydrogen-bond donors (Lipinski definition) is 2. The maximum atomic E-state index is 10.4. The van der Waals surface area contributed by atoms with Crippen LogP contribution in [-0.2, 0) is 0 Å². The van der Waals surface area contributed by atoms with Crippen molar-refractivity contribution in [3.8, 4) is 0 Å². The lowest BCUT2D eigenvalue weighted by Crippen LogP contribution is -2.65. The lowest BCUT2D eigenvalue weighted by molar-refractivity contribution is -0.0755. The molecule has 4 rings (SSSR count). The lowest BCUT2D eigenvalue weighted by atomic mass is 9.54. The summed E-state index contributed by atoms with van der Waals surface area (Å²) in [5.41, 5.74) is 1.45. The fourth-order valence-corrected chi connectivity index (χ4v) is 7.53. The van der Waals surface area contributed by atoms with E-state index in [1.54, 1.807) is 0 Å². The van der Waals surface area contributed by atoms with Gasteiger partial charge in [-0.2, -0.15) is 0 Å². The van der Waals surface area contributed by atoms with E-state index in [0.29, 0.717) is 36.0 Å². The molecule has 6 unspecified atom stereocenters. The fourth-order valence-electron chi connectivity index (χ4n) is 7.53. The van der Waals surface area contributed by atoms with Gasteiger partial charge in [0, 0.05) is 29.9 Å². The van der Waals surface area contributed by atoms with Crippen LogP contribution in [0.15, 0.2) is 37.1 Å². The molecule has 0 spiro atoms. The van der Waals surface area contributed by atoms with Gasteiger partial charge in [-0.1, -0.05) is 58.4 Å². The number of rotatable bonds is 5. The Morgan fingerprint density at radius 3 is 2.30 bits per heavy atom. The molecule has 0 amide bonds. The van der Waals surface area contributed by atoms with E-state index in [4.69, 9.17) is 0 Å².